The van der Waals surface area contributed by atoms with Gasteiger partial charge in [-0.2, -0.15) is 0 Å². The smallest absolute Gasteiger partial charge is 0.152 e. The number of phenols is 1. The summed E-state index contributed by atoms with van der Waals surface area (Å²) < 4.78 is 2.14. The maximum Gasteiger partial charge on any atom is 0.152 e. The molecule has 3 aromatic heterocycles. The molecule has 0 bridgehead atoms. The number of nitrogens with zero attached hydrogens (tertiary/aromatic N) is 3. The van der Waals surface area contributed by atoms with Gasteiger partial charge in [-0.05, 0) is 48.8 Å². The lowest BCUT2D eigenvalue weighted by Crippen LogP contribution is -2.09. The van der Waals surface area contributed by atoms with Crippen molar-refractivity contribution in [3.8, 4) is 29.4 Å². The number of phenolic OH excluding ortho intramolecular Hbond substituents is 1. The minimum atomic E-state index is 0.277. The summed E-state index contributed by atoms with van der Waals surface area (Å²) in [5.41, 5.74) is 5.14. The summed E-state index contributed by atoms with van der Waals surface area (Å²) in [4.78, 5) is 10.8. The molecule has 32 heavy (non-hydrogen) atoms. The van der Waals surface area contributed by atoms with Crippen LogP contribution in [0.25, 0.3) is 22.9 Å². The summed E-state index contributed by atoms with van der Waals surface area (Å²) in [7, 11) is 0. The van der Waals surface area contributed by atoms with E-state index in [0.29, 0.717) is 6.54 Å². The van der Waals surface area contributed by atoms with E-state index >= 15 is 0 Å². The lowest BCUT2D eigenvalue weighted by molar-refractivity contribution is 0.475. The van der Waals surface area contributed by atoms with Gasteiger partial charge in [0.15, 0.2) is 5.82 Å². The lowest BCUT2D eigenvalue weighted by atomic mass is 10.1. The van der Waals surface area contributed by atoms with Crippen LogP contribution in [0.3, 0.4) is 0 Å². The van der Waals surface area contributed by atoms with Crippen LogP contribution in [0.1, 0.15) is 41.6 Å². The molecule has 2 N–H and O–H groups in total. The molecule has 0 saturated heterocycles. The van der Waals surface area contributed by atoms with E-state index in [1.54, 1.807) is 29.5 Å². The molecule has 1 aromatic carbocycles. The van der Waals surface area contributed by atoms with Crippen LogP contribution in [0.2, 0.25) is 0 Å². The quantitative estimate of drug-likeness (QED) is 0.350. The summed E-state index contributed by atoms with van der Waals surface area (Å²) >= 11 is 1.69. The summed E-state index contributed by atoms with van der Waals surface area (Å²) in [6, 6.07) is 7.29. The monoisotopic (exact) mass is 442 g/mol. The standard InChI is InChI=1S/C26H26N4OS/c1-5-6-7-21-18(4)32-16-22(21)23-15-30-24(14-28-26(30)17(2)3)25(29-23)27-13-12-19-8-10-20(31)11-9-19/h1,6-11,14-17,31H,12-13H2,2-4H3,(H,27,29)/b7-6-. The van der Waals surface area contributed by atoms with Crippen LogP contribution in [0.15, 0.2) is 48.1 Å². The fourth-order valence-electron chi connectivity index (χ4n) is 3.69. The molecule has 0 spiro atoms. The number of hydrogen-bond acceptors (Lipinski definition) is 5. The number of rotatable bonds is 7. The van der Waals surface area contributed by atoms with Crippen LogP contribution in [0.5, 0.6) is 5.75 Å². The number of benzene rings is 1. The second-order valence-corrected chi connectivity index (χ2v) is 9.05. The topological polar surface area (TPSA) is 62.5 Å². The van der Waals surface area contributed by atoms with Gasteiger partial charge >= 0.3 is 0 Å². The first kappa shape index (κ1) is 21.7. The van der Waals surface area contributed by atoms with E-state index in [0.717, 1.165) is 46.0 Å². The largest absolute Gasteiger partial charge is 0.508 e. The zero-order valence-electron chi connectivity index (χ0n) is 18.5. The van der Waals surface area contributed by atoms with Crippen LogP contribution < -0.4 is 5.32 Å². The van der Waals surface area contributed by atoms with Crippen molar-refractivity contribution < 1.29 is 5.11 Å². The van der Waals surface area contributed by atoms with E-state index in [9.17, 15) is 5.11 Å². The molecule has 0 fully saturated rings. The predicted molar refractivity (Wildman–Crippen MR) is 133 cm³/mol. The van der Waals surface area contributed by atoms with Crippen LogP contribution in [-0.4, -0.2) is 26.0 Å². The van der Waals surface area contributed by atoms with Gasteiger partial charge in [-0.1, -0.05) is 31.9 Å². The van der Waals surface area contributed by atoms with Gasteiger partial charge in [0.25, 0.3) is 0 Å². The van der Waals surface area contributed by atoms with E-state index in [4.69, 9.17) is 11.4 Å². The Labute approximate surface area is 192 Å². The second kappa shape index (κ2) is 9.29. The van der Waals surface area contributed by atoms with Crippen molar-refractivity contribution in [2.24, 2.45) is 0 Å². The van der Waals surface area contributed by atoms with Crippen LogP contribution in [0.4, 0.5) is 5.82 Å². The van der Waals surface area contributed by atoms with Crippen molar-refractivity contribution in [1.29, 1.82) is 0 Å². The number of thiophene rings is 1. The lowest BCUT2D eigenvalue weighted by Gasteiger charge is -2.13. The van der Waals surface area contributed by atoms with Gasteiger partial charge in [-0.15, -0.1) is 17.8 Å². The number of nitrogens with one attached hydrogen (secondary N) is 1. The zero-order chi connectivity index (χ0) is 22.7. The fourth-order valence-corrected chi connectivity index (χ4v) is 4.54. The molecule has 0 atom stereocenters. The van der Waals surface area contributed by atoms with E-state index < -0.39 is 0 Å². The molecule has 4 rings (SSSR count). The molecule has 0 amide bonds. The Morgan fingerprint density at radius 3 is 2.78 bits per heavy atom. The van der Waals surface area contributed by atoms with Crippen LogP contribution in [0, 0.1) is 19.3 Å². The highest BCUT2D eigenvalue weighted by atomic mass is 32.1. The van der Waals surface area contributed by atoms with Crippen LogP contribution in [-0.2, 0) is 6.42 Å². The third-order valence-electron chi connectivity index (χ3n) is 5.36. The van der Waals surface area contributed by atoms with E-state index in [1.165, 1.54) is 4.88 Å². The van der Waals surface area contributed by atoms with Crippen molar-refractivity contribution in [2.75, 3.05) is 11.9 Å². The third-order valence-corrected chi connectivity index (χ3v) is 6.28. The predicted octanol–water partition coefficient (Wildman–Crippen LogP) is 5.90. The summed E-state index contributed by atoms with van der Waals surface area (Å²) in [5.74, 6) is 4.94. The SMILES string of the molecule is C#C/C=C\c1c(-c2cn3c(C(C)C)ncc3c(NCCc3ccc(O)cc3)n2)csc1C. The number of hydrogen-bond donors (Lipinski definition) is 2. The Bertz CT molecular complexity index is 1310. The molecule has 162 valence electrons. The fraction of sp³-hybridized carbons (Fsp3) is 0.231. The molecule has 0 radical (unpaired) electrons. The summed E-state index contributed by atoms with van der Waals surface area (Å²) in [6.07, 6.45) is 13.9. The second-order valence-electron chi connectivity index (χ2n) is 7.96. The molecule has 0 aliphatic carbocycles. The summed E-state index contributed by atoms with van der Waals surface area (Å²) in [5, 5.41) is 15.1. The maximum atomic E-state index is 9.49. The minimum absolute atomic E-state index is 0.277. The number of aryl methyl sites for hydroxylation is 1. The number of terminal acetylenes is 1. The Kier molecular flexibility index (Phi) is 6.29. The van der Waals surface area contributed by atoms with Crippen LogP contribution >= 0.6 is 11.3 Å². The Morgan fingerprint density at radius 2 is 2.06 bits per heavy atom. The van der Waals surface area contributed by atoms with Gasteiger partial charge in [0.1, 0.15) is 17.1 Å². The molecule has 0 aliphatic heterocycles. The number of aromatic nitrogens is 3. The van der Waals surface area contributed by atoms with Gasteiger partial charge in [0.05, 0.1) is 11.9 Å². The normalized spacial score (nSPS) is 11.5. The van der Waals surface area contributed by atoms with Gasteiger partial charge in [0, 0.05) is 34.5 Å². The van der Waals surface area contributed by atoms with E-state index in [2.05, 4.69) is 53.0 Å². The highest BCUT2D eigenvalue weighted by molar-refractivity contribution is 7.10. The average molecular weight is 443 g/mol. The number of fused-ring (bicyclic) bond motifs is 1. The van der Waals surface area contributed by atoms with Crippen molar-refractivity contribution >= 4 is 28.7 Å². The first-order chi connectivity index (χ1) is 15.5. The molecule has 6 heteroatoms. The number of imidazole rings is 1. The van der Waals surface area contributed by atoms with Gasteiger partial charge in [0.2, 0.25) is 0 Å². The van der Waals surface area contributed by atoms with Crippen molar-refractivity contribution in [1.82, 2.24) is 14.4 Å². The maximum absolute atomic E-state index is 9.49. The highest BCUT2D eigenvalue weighted by Gasteiger charge is 2.17. The van der Waals surface area contributed by atoms with E-state index in [-0.39, 0.29) is 11.7 Å². The molecule has 0 unspecified atom stereocenters. The molecular weight excluding hydrogens is 416 g/mol. The van der Waals surface area contributed by atoms with Gasteiger partial charge < -0.3 is 10.4 Å². The number of anilines is 1. The molecule has 0 aliphatic rings. The van der Waals surface area contributed by atoms with E-state index in [1.807, 2.05) is 24.4 Å². The molecular formula is C26H26N4OS. The minimum Gasteiger partial charge on any atom is -0.508 e. The van der Waals surface area contributed by atoms with Crippen molar-refractivity contribution in [2.45, 2.75) is 33.1 Å². The number of allylic oxidation sites excluding steroid dienone is 1. The van der Waals surface area contributed by atoms with Crippen molar-refractivity contribution in [3.05, 3.63) is 69.9 Å². The molecule has 5 nitrogen and oxygen atoms in total. The molecule has 3 heterocycles. The van der Waals surface area contributed by atoms with Gasteiger partial charge in [-0.3, -0.25) is 4.40 Å². The third kappa shape index (κ3) is 4.39. The first-order valence-corrected chi connectivity index (χ1v) is 11.5. The first-order valence-electron chi connectivity index (χ1n) is 10.6. The number of aromatic hydroxyl groups is 1. The Balaban J connectivity index is 1.73. The molecule has 4 aromatic rings. The summed E-state index contributed by atoms with van der Waals surface area (Å²) in [6.45, 7) is 7.09. The Hall–Kier alpha value is -3.56. The van der Waals surface area contributed by atoms with Crippen molar-refractivity contribution in [3.63, 3.8) is 0 Å². The Morgan fingerprint density at radius 1 is 1.28 bits per heavy atom. The van der Waals surface area contributed by atoms with Gasteiger partial charge in [-0.25, -0.2) is 9.97 Å². The molecule has 0 saturated carbocycles. The highest BCUT2D eigenvalue weighted by Crippen LogP contribution is 2.33. The average Bonchev–Trinajstić information content (AvgIpc) is 3.37. The zero-order valence-corrected chi connectivity index (χ0v) is 19.3.